The van der Waals surface area contributed by atoms with Crippen LogP contribution in [0, 0.1) is 11.8 Å². The van der Waals surface area contributed by atoms with Crippen molar-refractivity contribution in [3.8, 4) is 0 Å². The maximum Gasteiger partial charge on any atom is 0.239 e. The number of carbonyl (C=O) groups excluding carboxylic acids is 2. The molecule has 0 spiro atoms. The van der Waals surface area contributed by atoms with E-state index in [0.717, 1.165) is 51.5 Å². The molecule has 7 heteroatoms. The van der Waals surface area contributed by atoms with Crippen LogP contribution in [0.5, 0.6) is 0 Å². The van der Waals surface area contributed by atoms with Crippen molar-refractivity contribution in [1.29, 1.82) is 0 Å². The number of carbonyl (C=O) groups is 2. The van der Waals surface area contributed by atoms with Gasteiger partial charge in [-0.1, -0.05) is 0 Å². The lowest BCUT2D eigenvalue weighted by Crippen LogP contribution is -2.46. The van der Waals surface area contributed by atoms with Crippen molar-refractivity contribution < 1.29 is 9.59 Å². The Labute approximate surface area is 154 Å². The van der Waals surface area contributed by atoms with Gasteiger partial charge in [0.05, 0.1) is 12.9 Å². The molecular weight excluding hydrogens is 330 g/mol. The predicted molar refractivity (Wildman–Crippen MR) is 97.2 cm³/mol. The Morgan fingerprint density at radius 3 is 2.85 bits per heavy atom. The number of hydrogen-bond donors (Lipinski definition) is 1. The molecule has 0 aromatic carbocycles. The fourth-order valence-corrected chi connectivity index (χ4v) is 4.44. The van der Waals surface area contributed by atoms with Gasteiger partial charge in [-0.05, 0) is 44.1 Å². The van der Waals surface area contributed by atoms with Gasteiger partial charge in [0.2, 0.25) is 11.8 Å². The molecule has 0 unspecified atom stereocenters. The summed E-state index contributed by atoms with van der Waals surface area (Å²) < 4.78 is 2.11. The lowest BCUT2D eigenvalue weighted by molar-refractivity contribution is -0.133. The molecule has 7 nitrogen and oxygen atoms in total. The average Bonchev–Trinajstić information content (AvgIpc) is 2.99. The second-order valence-corrected chi connectivity index (χ2v) is 8.01. The molecule has 142 valence electrons. The van der Waals surface area contributed by atoms with Gasteiger partial charge in [-0.2, -0.15) is 0 Å². The van der Waals surface area contributed by atoms with Gasteiger partial charge in [0.1, 0.15) is 0 Å². The van der Waals surface area contributed by atoms with E-state index >= 15 is 0 Å². The molecule has 1 aromatic heterocycles. The van der Waals surface area contributed by atoms with Gasteiger partial charge in [0, 0.05) is 51.0 Å². The third kappa shape index (κ3) is 4.26. The van der Waals surface area contributed by atoms with Crippen LogP contribution in [0.25, 0.3) is 0 Å². The first kappa shape index (κ1) is 17.5. The van der Waals surface area contributed by atoms with Crippen LogP contribution in [-0.2, 0) is 16.1 Å². The van der Waals surface area contributed by atoms with Gasteiger partial charge >= 0.3 is 0 Å². The number of aryl methyl sites for hydroxylation is 1. The standard InChI is InChI=1S/C19H29N5O2/c25-18(13-24-9-1-3-19(24)26)21-17-12-23(11-16(17)15-4-5-15)8-2-7-22-10-6-20-14-22/h6,10,14-17H,1-5,7-9,11-13H2,(H,21,25)/t16-,17+/m1/s1. The van der Waals surface area contributed by atoms with Crippen molar-refractivity contribution in [2.75, 3.05) is 32.7 Å². The fraction of sp³-hybridized carbons (Fsp3) is 0.737. The Balaban J connectivity index is 1.25. The van der Waals surface area contributed by atoms with Crippen molar-refractivity contribution in [1.82, 2.24) is 24.7 Å². The summed E-state index contributed by atoms with van der Waals surface area (Å²) in [5, 5.41) is 3.24. The first-order chi connectivity index (χ1) is 12.7. The fourth-order valence-electron chi connectivity index (χ4n) is 4.44. The zero-order valence-corrected chi connectivity index (χ0v) is 15.3. The number of rotatable bonds is 8. The van der Waals surface area contributed by atoms with Gasteiger partial charge in [-0.15, -0.1) is 0 Å². The maximum absolute atomic E-state index is 12.4. The van der Waals surface area contributed by atoms with E-state index in [1.165, 1.54) is 12.8 Å². The van der Waals surface area contributed by atoms with E-state index in [1.807, 2.05) is 18.7 Å². The minimum absolute atomic E-state index is 0.0103. The van der Waals surface area contributed by atoms with Crippen molar-refractivity contribution in [3.05, 3.63) is 18.7 Å². The molecule has 3 aliphatic rings. The summed E-state index contributed by atoms with van der Waals surface area (Å²) in [5.41, 5.74) is 0. The van der Waals surface area contributed by atoms with Crippen LogP contribution in [0.15, 0.2) is 18.7 Å². The summed E-state index contributed by atoms with van der Waals surface area (Å²) in [4.78, 5) is 32.4. The molecule has 0 bridgehead atoms. The number of likely N-dealkylation sites (tertiary alicyclic amines) is 2. The molecule has 1 N–H and O–H groups in total. The molecule has 2 amide bonds. The van der Waals surface area contributed by atoms with Crippen molar-refractivity contribution >= 4 is 11.8 Å². The number of imidazole rings is 1. The first-order valence-corrected chi connectivity index (χ1v) is 9.94. The average molecular weight is 359 g/mol. The van der Waals surface area contributed by atoms with E-state index in [4.69, 9.17) is 0 Å². The lowest BCUT2D eigenvalue weighted by Gasteiger charge is -2.22. The Kier molecular flexibility index (Phi) is 5.24. The molecule has 2 atom stereocenters. The molecule has 4 rings (SSSR count). The maximum atomic E-state index is 12.4. The number of nitrogens with one attached hydrogen (secondary N) is 1. The molecule has 1 aliphatic carbocycles. The highest BCUT2D eigenvalue weighted by atomic mass is 16.2. The Morgan fingerprint density at radius 1 is 1.27 bits per heavy atom. The van der Waals surface area contributed by atoms with Gasteiger partial charge < -0.3 is 19.7 Å². The van der Waals surface area contributed by atoms with Crippen LogP contribution in [0.4, 0.5) is 0 Å². The van der Waals surface area contributed by atoms with Gasteiger partial charge in [-0.3, -0.25) is 9.59 Å². The van der Waals surface area contributed by atoms with Gasteiger partial charge in [0.15, 0.2) is 0 Å². The summed E-state index contributed by atoms with van der Waals surface area (Å²) in [6.45, 7) is 5.01. The molecule has 1 aromatic rings. The zero-order chi connectivity index (χ0) is 17.9. The van der Waals surface area contributed by atoms with Crippen LogP contribution < -0.4 is 5.32 Å². The monoisotopic (exact) mass is 359 g/mol. The van der Waals surface area contributed by atoms with E-state index in [1.54, 1.807) is 4.90 Å². The number of nitrogens with zero attached hydrogens (tertiary/aromatic N) is 4. The third-order valence-corrected chi connectivity index (χ3v) is 5.97. The van der Waals surface area contributed by atoms with E-state index in [0.29, 0.717) is 12.3 Å². The lowest BCUT2D eigenvalue weighted by atomic mass is 9.98. The number of hydrogen-bond acceptors (Lipinski definition) is 4. The molecule has 0 radical (unpaired) electrons. The van der Waals surface area contributed by atoms with Crippen LogP contribution in [0.2, 0.25) is 0 Å². The molecule has 26 heavy (non-hydrogen) atoms. The van der Waals surface area contributed by atoms with Crippen molar-refractivity contribution in [2.24, 2.45) is 11.8 Å². The third-order valence-electron chi connectivity index (χ3n) is 5.97. The number of aromatic nitrogens is 2. The molecule has 3 heterocycles. The second kappa shape index (κ2) is 7.78. The minimum Gasteiger partial charge on any atom is -0.350 e. The summed E-state index contributed by atoms with van der Waals surface area (Å²) in [6, 6.07) is 0.237. The van der Waals surface area contributed by atoms with Gasteiger partial charge in [0.25, 0.3) is 0 Å². The summed E-state index contributed by atoms with van der Waals surface area (Å²) in [6.07, 6.45) is 10.8. The van der Waals surface area contributed by atoms with Crippen LogP contribution in [0.1, 0.15) is 32.1 Å². The highest BCUT2D eigenvalue weighted by Gasteiger charge is 2.42. The van der Waals surface area contributed by atoms with Crippen molar-refractivity contribution in [3.63, 3.8) is 0 Å². The molecule has 3 fully saturated rings. The van der Waals surface area contributed by atoms with Gasteiger partial charge in [-0.25, -0.2) is 4.98 Å². The first-order valence-electron chi connectivity index (χ1n) is 9.94. The highest BCUT2D eigenvalue weighted by Crippen LogP contribution is 2.41. The largest absolute Gasteiger partial charge is 0.350 e. The summed E-state index contributed by atoms with van der Waals surface area (Å²) in [5.74, 6) is 1.47. The van der Waals surface area contributed by atoms with E-state index in [2.05, 4.69) is 19.8 Å². The topological polar surface area (TPSA) is 70.5 Å². The SMILES string of the molecule is O=C(CN1CCCC1=O)N[C@H]1CN(CCCn2ccnc2)C[C@@H]1C1CC1. The Bertz CT molecular complexity index is 628. The zero-order valence-electron chi connectivity index (χ0n) is 15.3. The van der Waals surface area contributed by atoms with Crippen LogP contribution in [0.3, 0.4) is 0 Å². The van der Waals surface area contributed by atoms with Crippen LogP contribution >= 0.6 is 0 Å². The normalized spacial score (nSPS) is 26.6. The summed E-state index contributed by atoms with van der Waals surface area (Å²) in [7, 11) is 0. The molecule has 2 aliphatic heterocycles. The Hall–Kier alpha value is -1.89. The number of amides is 2. The summed E-state index contributed by atoms with van der Waals surface area (Å²) >= 11 is 0. The predicted octanol–water partition coefficient (Wildman–Crippen LogP) is 0.722. The second-order valence-electron chi connectivity index (χ2n) is 8.01. The molecule has 2 saturated heterocycles. The van der Waals surface area contributed by atoms with E-state index in [-0.39, 0.29) is 24.4 Å². The molecule has 1 saturated carbocycles. The van der Waals surface area contributed by atoms with Crippen molar-refractivity contribution in [2.45, 2.75) is 44.7 Å². The van der Waals surface area contributed by atoms with E-state index < -0.39 is 0 Å². The highest BCUT2D eigenvalue weighted by molar-refractivity contribution is 5.86. The van der Waals surface area contributed by atoms with Crippen LogP contribution in [-0.4, -0.2) is 69.9 Å². The van der Waals surface area contributed by atoms with E-state index in [9.17, 15) is 9.59 Å². The molecular formula is C19H29N5O2. The quantitative estimate of drug-likeness (QED) is 0.743. The Morgan fingerprint density at radius 2 is 2.15 bits per heavy atom. The minimum atomic E-state index is 0.0103. The smallest absolute Gasteiger partial charge is 0.239 e.